The van der Waals surface area contributed by atoms with E-state index in [0.717, 1.165) is 16.7 Å². The zero-order valence-electron chi connectivity index (χ0n) is 19.7. The normalized spacial score (nSPS) is 17.4. The van der Waals surface area contributed by atoms with Crippen molar-refractivity contribution >= 4 is 17.5 Å². The van der Waals surface area contributed by atoms with Crippen LogP contribution in [-0.4, -0.2) is 27.1 Å². The molecular formula is C27H25FN4O3. The average molecular weight is 473 g/mol. The molecular weight excluding hydrogens is 447 g/mol. The van der Waals surface area contributed by atoms with E-state index < -0.39 is 5.54 Å². The van der Waals surface area contributed by atoms with Gasteiger partial charge in [-0.05, 0) is 73.9 Å². The van der Waals surface area contributed by atoms with E-state index in [1.54, 1.807) is 53.1 Å². The van der Waals surface area contributed by atoms with Gasteiger partial charge < -0.3 is 9.73 Å². The Morgan fingerprint density at radius 3 is 2.49 bits per heavy atom. The first-order valence-corrected chi connectivity index (χ1v) is 11.3. The highest BCUT2D eigenvalue weighted by Crippen LogP contribution is 2.35. The fourth-order valence-electron chi connectivity index (χ4n) is 4.59. The fourth-order valence-corrected chi connectivity index (χ4v) is 4.59. The Hall–Kier alpha value is -4.20. The van der Waals surface area contributed by atoms with Crippen LogP contribution in [0.4, 0.5) is 10.1 Å². The molecule has 0 unspecified atom stereocenters. The number of benzene rings is 2. The lowest BCUT2D eigenvalue weighted by molar-refractivity contribution is -0.126. The molecule has 4 aromatic rings. The van der Waals surface area contributed by atoms with Gasteiger partial charge >= 0.3 is 0 Å². The Bertz CT molecular complexity index is 1390. The molecule has 8 heteroatoms. The minimum absolute atomic E-state index is 0.150. The van der Waals surface area contributed by atoms with E-state index in [4.69, 9.17) is 4.42 Å². The SMILES string of the molecule is Cc1cc(C)cc(N2C(=O)c3cc(-c4ccco4)nn3C[C@]2(C)C(=O)NCc2ccc(F)cc2)c1. The number of rotatable bonds is 5. The monoisotopic (exact) mass is 472 g/mol. The number of aryl methyl sites for hydroxylation is 2. The summed E-state index contributed by atoms with van der Waals surface area (Å²) in [6, 6.07) is 17.0. The van der Waals surface area contributed by atoms with Gasteiger partial charge in [0.15, 0.2) is 5.76 Å². The third-order valence-corrected chi connectivity index (χ3v) is 6.25. The third-order valence-electron chi connectivity index (χ3n) is 6.25. The molecule has 2 aromatic carbocycles. The Balaban J connectivity index is 1.55. The lowest BCUT2D eigenvalue weighted by atomic mass is 9.93. The lowest BCUT2D eigenvalue weighted by Gasteiger charge is -2.43. The second kappa shape index (κ2) is 8.54. The summed E-state index contributed by atoms with van der Waals surface area (Å²) in [7, 11) is 0. The number of fused-ring (bicyclic) bond motifs is 1. The van der Waals surface area contributed by atoms with Crippen LogP contribution in [0.3, 0.4) is 0 Å². The number of furan rings is 1. The maximum absolute atomic E-state index is 13.9. The summed E-state index contributed by atoms with van der Waals surface area (Å²) in [5.41, 5.74) is 2.99. The van der Waals surface area contributed by atoms with Crippen LogP contribution in [0.2, 0.25) is 0 Å². The highest BCUT2D eigenvalue weighted by atomic mass is 19.1. The second-order valence-electron chi connectivity index (χ2n) is 9.12. The van der Waals surface area contributed by atoms with Crippen molar-refractivity contribution < 1.29 is 18.4 Å². The molecule has 0 saturated heterocycles. The summed E-state index contributed by atoms with van der Waals surface area (Å²) in [5.74, 6) is -0.467. The van der Waals surface area contributed by atoms with Crippen LogP contribution in [-0.2, 0) is 17.9 Å². The molecule has 35 heavy (non-hydrogen) atoms. The molecule has 3 heterocycles. The number of carbonyl (C=O) groups excluding carboxylic acids is 2. The molecule has 2 aromatic heterocycles. The predicted molar refractivity (Wildman–Crippen MR) is 129 cm³/mol. The number of hydrogen-bond acceptors (Lipinski definition) is 4. The number of aromatic nitrogens is 2. The summed E-state index contributed by atoms with van der Waals surface area (Å²) >= 11 is 0. The molecule has 0 radical (unpaired) electrons. The van der Waals surface area contributed by atoms with E-state index >= 15 is 0 Å². The van der Waals surface area contributed by atoms with Crippen molar-refractivity contribution in [1.82, 2.24) is 15.1 Å². The van der Waals surface area contributed by atoms with Crippen molar-refractivity contribution in [1.29, 1.82) is 0 Å². The third kappa shape index (κ3) is 4.12. The molecule has 1 aliphatic heterocycles. The number of carbonyl (C=O) groups is 2. The van der Waals surface area contributed by atoms with Gasteiger partial charge in [0.2, 0.25) is 5.91 Å². The summed E-state index contributed by atoms with van der Waals surface area (Å²) in [5, 5.41) is 7.49. The Morgan fingerprint density at radius 2 is 1.83 bits per heavy atom. The molecule has 0 bridgehead atoms. The van der Waals surface area contributed by atoms with Gasteiger partial charge in [-0.25, -0.2) is 4.39 Å². The minimum Gasteiger partial charge on any atom is -0.463 e. The molecule has 7 nitrogen and oxygen atoms in total. The number of amides is 2. The Kier molecular flexibility index (Phi) is 5.51. The van der Waals surface area contributed by atoms with Gasteiger partial charge in [-0.2, -0.15) is 5.10 Å². The maximum Gasteiger partial charge on any atom is 0.277 e. The first-order chi connectivity index (χ1) is 16.7. The van der Waals surface area contributed by atoms with Crippen molar-refractivity contribution in [3.63, 3.8) is 0 Å². The highest BCUT2D eigenvalue weighted by molar-refractivity contribution is 6.12. The molecule has 0 aliphatic carbocycles. The van der Waals surface area contributed by atoms with Crippen molar-refractivity contribution in [2.45, 2.75) is 39.4 Å². The van der Waals surface area contributed by atoms with E-state index in [1.807, 2.05) is 32.0 Å². The molecule has 178 valence electrons. The molecule has 1 N–H and O–H groups in total. The average Bonchev–Trinajstić information content (AvgIpc) is 3.48. The van der Waals surface area contributed by atoms with Gasteiger partial charge in [-0.3, -0.25) is 19.2 Å². The zero-order chi connectivity index (χ0) is 24.7. The number of nitrogens with zero attached hydrogens (tertiary/aromatic N) is 3. The standard InChI is InChI=1S/C27H25FN4O3/c1-17-11-18(2)13-21(12-17)32-25(33)23-14-22(24-5-4-10-35-24)30-31(23)16-27(32,3)26(34)29-15-19-6-8-20(28)9-7-19/h4-14H,15-16H2,1-3H3,(H,29,34)/t27-/m1/s1. The minimum atomic E-state index is -1.27. The highest BCUT2D eigenvalue weighted by Gasteiger charge is 2.49. The van der Waals surface area contributed by atoms with E-state index in [9.17, 15) is 14.0 Å². The number of anilines is 1. The van der Waals surface area contributed by atoms with Crippen molar-refractivity contribution in [3.8, 4) is 11.5 Å². The van der Waals surface area contributed by atoms with Gasteiger partial charge in [-0.15, -0.1) is 0 Å². The van der Waals surface area contributed by atoms with Crippen LogP contribution in [0.5, 0.6) is 0 Å². The van der Waals surface area contributed by atoms with Gasteiger partial charge in [0.1, 0.15) is 22.7 Å². The van der Waals surface area contributed by atoms with E-state index in [-0.39, 0.29) is 30.7 Å². The van der Waals surface area contributed by atoms with Crippen LogP contribution in [0, 0.1) is 19.7 Å². The molecule has 0 spiro atoms. The van der Waals surface area contributed by atoms with Gasteiger partial charge in [0.05, 0.1) is 12.8 Å². The van der Waals surface area contributed by atoms with Crippen molar-refractivity contribution in [2.24, 2.45) is 0 Å². The molecule has 0 fully saturated rings. The van der Waals surface area contributed by atoms with Gasteiger partial charge in [-0.1, -0.05) is 18.2 Å². The summed E-state index contributed by atoms with van der Waals surface area (Å²) in [6.45, 7) is 6.00. The number of halogens is 1. The Morgan fingerprint density at radius 1 is 1.11 bits per heavy atom. The van der Waals surface area contributed by atoms with Crippen LogP contribution in [0.1, 0.15) is 34.1 Å². The second-order valence-corrected chi connectivity index (χ2v) is 9.12. The predicted octanol–water partition coefficient (Wildman–Crippen LogP) is 4.63. The topological polar surface area (TPSA) is 80.4 Å². The molecule has 0 saturated carbocycles. The molecule has 1 aliphatic rings. The molecule has 1 atom stereocenters. The van der Waals surface area contributed by atoms with Gasteiger partial charge in [0.25, 0.3) is 5.91 Å². The fraction of sp³-hybridized carbons (Fsp3) is 0.222. The maximum atomic E-state index is 13.9. The Labute approximate surface area is 202 Å². The first-order valence-electron chi connectivity index (χ1n) is 11.3. The van der Waals surface area contributed by atoms with Crippen LogP contribution >= 0.6 is 0 Å². The van der Waals surface area contributed by atoms with Crippen molar-refractivity contribution in [3.05, 3.63) is 95.1 Å². The van der Waals surface area contributed by atoms with E-state index in [0.29, 0.717) is 22.8 Å². The largest absolute Gasteiger partial charge is 0.463 e. The zero-order valence-corrected chi connectivity index (χ0v) is 19.7. The van der Waals surface area contributed by atoms with E-state index in [2.05, 4.69) is 10.4 Å². The molecule has 2 amide bonds. The van der Waals surface area contributed by atoms with Gasteiger partial charge in [0, 0.05) is 18.3 Å². The summed E-state index contributed by atoms with van der Waals surface area (Å²) in [4.78, 5) is 29.1. The summed E-state index contributed by atoms with van der Waals surface area (Å²) in [6.07, 6.45) is 1.55. The quantitative estimate of drug-likeness (QED) is 0.459. The number of nitrogens with one attached hydrogen (secondary N) is 1. The van der Waals surface area contributed by atoms with E-state index in [1.165, 1.54) is 12.1 Å². The number of hydrogen-bond donors (Lipinski definition) is 1. The first kappa shape index (κ1) is 22.6. The lowest BCUT2D eigenvalue weighted by Crippen LogP contribution is -2.64. The van der Waals surface area contributed by atoms with Crippen LogP contribution in [0.25, 0.3) is 11.5 Å². The smallest absolute Gasteiger partial charge is 0.277 e. The van der Waals surface area contributed by atoms with Crippen LogP contribution < -0.4 is 10.2 Å². The summed E-state index contributed by atoms with van der Waals surface area (Å²) < 4.78 is 20.3. The van der Waals surface area contributed by atoms with Crippen molar-refractivity contribution in [2.75, 3.05) is 4.90 Å². The molecule has 5 rings (SSSR count). The van der Waals surface area contributed by atoms with Crippen LogP contribution in [0.15, 0.2) is 71.3 Å².